The maximum atomic E-state index is 12.6. The number of aliphatic hydroxyl groups is 1. The summed E-state index contributed by atoms with van der Waals surface area (Å²) in [6.07, 6.45) is 1.67. The molecule has 0 atom stereocenters. The number of anilines is 2. The molecule has 0 amide bonds. The van der Waals surface area contributed by atoms with Gasteiger partial charge in [-0.25, -0.2) is 13.4 Å². The van der Waals surface area contributed by atoms with Gasteiger partial charge in [-0.05, 0) is 36.4 Å². The fourth-order valence-electron chi connectivity index (χ4n) is 3.34. The fourth-order valence-corrected chi connectivity index (χ4v) is 5.35. The van der Waals surface area contributed by atoms with Gasteiger partial charge >= 0.3 is 0 Å². The molecule has 146 valence electrons. The number of aliphatic hydroxyl groups excluding tert-OH is 1. The lowest BCUT2D eigenvalue weighted by atomic mass is 10.1. The van der Waals surface area contributed by atoms with Gasteiger partial charge in [-0.1, -0.05) is 0 Å². The summed E-state index contributed by atoms with van der Waals surface area (Å²) in [4.78, 5) is 8.89. The van der Waals surface area contributed by atoms with Crippen LogP contribution in [0.2, 0.25) is 0 Å². The number of fused-ring (bicyclic) bond motifs is 3. The summed E-state index contributed by atoms with van der Waals surface area (Å²) >= 11 is 1.57. The van der Waals surface area contributed by atoms with Crippen molar-refractivity contribution in [2.24, 2.45) is 0 Å². The summed E-state index contributed by atoms with van der Waals surface area (Å²) in [5, 5.41) is 14.1. The predicted octanol–water partition coefficient (Wildman–Crippen LogP) is 3.68. The largest absolute Gasteiger partial charge is 0.490 e. The number of nitrogens with zero attached hydrogens (tertiary/aromatic N) is 2. The second-order valence-electron chi connectivity index (χ2n) is 6.48. The third-order valence-electron chi connectivity index (χ3n) is 4.64. The van der Waals surface area contributed by atoms with Gasteiger partial charge in [0.15, 0.2) is 0 Å². The molecule has 0 saturated carbocycles. The molecule has 7 nitrogen and oxygen atoms in total. The van der Waals surface area contributed by atoms with E-state index in [2.05, 4.69) is 15.3 Å². The Kier molecular flexibility index (Phi) is 4.23. The molecule has 2 N–H and O–H groups in total. The van der Waals surface area contributed by atoms with Crippen LogP contribution in [0, 0.1) is 0 Å². The molecule has 29 heavy (non-hydrogen) atoms. The van der Waals surface area contributed by atoms with Crippen LogP contribution in [0.1, 0.15) is 5.56 Å². The van der Waals surface area contributed by atoms with E-state index in [4.69, 9.17) is 9.84 Å². The average Bonchev–Trinajstić information content (AvgIpc) is 3.27. The van der Waals surface area contributed by atoms with Crippen molar-refractivity contribution in [1.82, 2.24) is 9.97 Å². The number of nitrogens with one attached hydrogen (secondary N) is 1. The van der Waals surface area contributed by atoms with Crippen molar-refractivity contribution in [3.05, 3.63) is 59.1 Å². The van der Waals surface area contributed by atoms with E-state index in [1.165, 1.54) is 0 Å². The molecule has 0 aliphatic carbocycles. The highest BCUT2D eigenvalue weighted by Gasteiger charge is 2.29. The Morgan fingerprint density at radius 1 is 1.10 bits per heavy atom. The fraction of sp³-hybridized carbons (Fsp3) is 0.100. The highest BCUT2D eigenvalue weighted by atomic mass is 32.2. The monoisotopic (exact) mass is 425 g/mol. The first-order valence-electron chi connectivity index (χ1n) is 8.79. The molecule has 9 heteroatoms. The number of hydrogen-bond acceptors (Lipinski definition) is 8. The van der Waals surface area contributed by atoms with Crippen LogP contribution in [0.4, 0.5) is 11.4 Å². The van der Waals surface area contributed by atoms with Crippen molar-refractivity contribution in [3.8, 4) is 0 Å². The van der Waals surface area contributed by atoms with Gasteiger partial charge < -0.3 is 15.2 Å². The predicted molar refractivity (Wildman–Crippen MR) is 113 cm³/mol. The first-order chi connectivity index (χ1) is 14.0. The third kappa shape index (κ3) is 3.13. The smallest absolute Gasteiger partial charge is 0.204 e. The lowest BCUT2D eigenvalue weighted by Crippen LogP contribution is -1.99. The zero-order valence-corrected chi connectivity index (χ0v) is 16.6. The van der Waals surface area contributed by atoms with Crippen molar-refractivity contribution in [2.75, 3.05) is 18.5 Å². The Morgan fingerprint density at radius 2 is 2.00 bits per heavy atom. The number of aromatic nitrogens is 2. The summed E-state index contributed by atoms with van der Waals surface area (Å²) in [5.41, 5.74) is 5.39. The van der Waals surface area contributed by atoms with Gasteiger partial charge in [0.25, 0.3) is 0 Å². The van der Waals surface area contributed by atoms with Crippen LogP contribution in [-0.2, 0) is 14.6 Å². The number of sulfone groups is 1. The standard InChI is InChI=1S/C20H15N3O4S2/c24-5-6-27-18-10-29(25,26)20-9-13-15(3-4-21-16(13)8-14(18)20)23-12-1-2-19-17(7-12)22-11-28-19/h1-4,7-11,24H,5-6H2,(H,21,23). The minimum Gasteiger partial charge on any atom is -0.490 e. The van der Waals surface area contributed by atoms with Crippen molar-refractivity contribution in [2.45, 2.75) is 4.90 Å². The average molecular weight is 425 g/mol. The first-order valence-corrected chi connectivity index (χ1v) is 11.2. The van der Waals surface area contributed by atoms with Gasteiger partial charge in [0.1, 0.15) is 12.4 Å². The highest BCUT2D eigenvalue weighted by Crippen LogP contribution is 2.38. The van der Waals surface area contributed by atoms with Crippen LogP contribution in [0.15, 0.2) is 58.4 Å². The van der Waals surface area contributed by atoms with Crippen molar-refractivity contribution < 1.29 is 18.3 Å². The van der Waals surface area contributed by atoms with Gasteiger partial charge in [0, 0.05) is 28.5 Å². The second kappa shape index (κ2) is 6.80. The maximum Gasteiger partial charge on any atom is 0.204 e. The summed E-state index contributed by atoms with van der Waals surface area (Å²) in [7, 11) is -3.62. The molecule has 0 radical (unpaired) electrons. The van der Waals surface area contributed by atoms with Gasteiger partial charge in [0.2, 0.25) is 9.84 Å². The Hall–Kier alpha value is -3.01. The molecular formula is C20H15N3O4S2. The lowest BCUT2D eigenvalue weighted by molar-refractivity contribution is 0.181. The molecule has 3 heterocycles. The van der Waals surface area contributed by atoms with Crippen molar-refractivity contribution >= 4 is 59.4 Å². The molecule has 2 aromatic carbocycles. The topological polar surface area (TPSA) is 101 Å². The van der Waals surface area contributed by atoms with Crippen LogP contribution in [0.3, 0.4) is 0 Å². The molecule has 0 bridgehead atoms. The summed E-state index contributed by atoms with van der Waals surface area (Å²) in [6, 6.07) is 11.0. The molecule has 0 saturated heterocycles. The van der Waals surface area contributed by atoms with Gasteiger partial charge in [-0.3, -0.25) is 4.98 Å². The zero-order valence-electron chi connectivity index (χ0n) is 15.0. The second-order valence-corrected chi connectivity index (χ2v) is 9.13. The van der Waals surface area contributed by atoms with E-state index < -0.39 is 9.84 Å². The Bertz CT molecular complexity index is 1390. The SMILES string of the molecule is O=S1(=O)C=C(OCCO)c2cc3nccc(Nc4ccc5scnc5c4)c3cc21. The van der Waals surface area contributed by atoms with Gasteiger partial charge in [-0.15, -0.1) is 11.3 Å². The normalized spacial score (nSPS) is 14.7. The number of pyridine rings is 1. The number of thiazole rings is 1. The third-order valence-corrected chi connectivity index (χ3v) is 6.92. The molecule has 1 aliphatic rings. The van der Waals surface area contributed by atoms with Crippen molar-refractivity contribution in [1.29, 1.82) is 0 Å². The summed E-state index contributed by atoms with van der Waals surface area (Å²) in [5.74, 6) is 0.227. The molecule has 2 aromatic heterocycles. The van der Waals surface area contributed by atoms with E-state index in [-0.39, 0.29) is 23.9 Å². The van der Waals surface area contributed by atoms with E-state index in [0.717, 1.165) is 27.0 Å². The van der Waals surface area contributed by atoms with Crippen LogP contribution in [0.25, 0.3) is 26.9 Å². The molecule has 0 spiro atoms. The maximum absolute atomic E-state index is 12.6. The molecule has 0 unspecified atom stereocenters. The van der Waals surface area contributed by atoms with Crippen molar-refractivity contribution in [3.63, 3.8) is 0 Å². The Morgan fingerprint density at radius 3 is 2.86 bits per heavy atom. The summed E-state index contributed by atoms with van der Waals surface area (Å²) in [6.45, 7) is -0.178. The number of ether oxygens (including phenoxy) is 1. The zero-order chi connectivity index (χ0) is 20.0. The van der Waals surface area contributed by atoms with Crippen LogP contribution < -0.4 is 5.32 Å². The molecule has 0 fully saturated rings. The number of rotatable bonds is 5. The van der Waals surface area contributed by atoms with E-state index in [9.17, 15) is 8.42 Å². The molecule has 4 aromatic rings. The van der Waals surface area contributed by atoms with E-state index in [1.807, 2.05) is 18.2 Å². The Labute approximate surface area is 170 Å². The number of hydrogen-bond donors (Lipinski definition) is 2. The quantitative estimate of drug-likeness (QED) is 0.503. The van der Waals surface area contributed by atoms with Gasteiger partial charge in [-0.2, -0.15) is 0 Å². The number of benzene rings is 2. The lowest BCUT2D eigenvalue weighted by Gasteiger charge is -2.12. The van der Waals surface area contributed by atoms with Crippen LogP contribution in [-0.4, -0.2) is 36.7 Å². The van der Waals surface area contributed by atoms with Crippen LogP contribution >= 0.6 is 11.3 Å². The highest BCUT2D eigenvalue weighted by molar-refractivity contribution is 7.95. The van der Waals surface area contributed by atoms with E-state index in [0.29, 0.717) is 16.5 Å². The minimum absolute atomic E-state index is 0.0208. The van der Waals surface area contributed by atoms with E-state index >= 15 is 0 Å². The molecule has 5 rings (SSSR count). The minimum atomic E-state index is -3.62. The van der Waals surface area contributed by atoms with Crippen LogP contribution in [0.5, 0.6) is 0 Å². The molecular weight excluding hydrogens is 410 g/mol. The Balaban J connectivity index is 1.60. The molecule has 1 aliphatic heterocycles. The summed E-state index contributed by atoms with van der Waals surface area (Å²) < 4.78 is 31.7. The van der Waals surface area contributed by atoms with Gasteiger partial charge in [0.05, 0.1) is 38.2 Å². The van der Waals surface area contributed by atoms with E-state index in [1.54, 1.807) is 41.2 Å². The first kappa shape index (κ1) is 18.0.